The van der Waals surface area contributed by atoms with E-state index in [-0.39, 0.29) is 11.0 Å². The van der Waals surface area contributed by atoms with Gasteiger partial charge in [-0.1, -0.05) is 23.7 Å². The van der Waals surface area contributed by atoms with Crippen LogP contribution in [0.15, 0.2) is 58.4 Å². The third kappa shape index (κ3) is 3.50. The fraction of sp³-hybridized carbons (Fsp3) is 0. The maximum Gasteiger partial charge on any atom is 0.289 e. The van der Waals surface area contributed by atoms with Gasteiger partial charge in [0.2, 0.25) is 0 Å². The van der Waals surface area contributed by atoms with Crippen molar-refractivity contribution >= 4 is 46.2 Å². The normalized spacial score (nSPS) is 18.0. The van der Waals surface area contributed by atoms with Gasteiger partial charge in [-0.15, -0.1) is 0 Å². The van der Waals surface area contributed by atoms with Gasteiger partial charge >= 0.3 is 0 Å². The van der Waals surface area contributed by atoms with Crippen molar-refractivity contribution in [3.63, 3.8) is 0 Å². The molecule has 6 heteroatoms. The van der Waals surface area contributed by atoms with Gasteiger partial charge in [0.05, 0.1) is 10.6 Å². The summed E-state index contributed by atoms with van der Waals surface area (Å²) in [6.45, 7) is 0. The number of phenols is 1. The molecule has 0 radical (unpaired) electrons. The molecule has 110 valence electrons. The molecule has 1 fully saturated rings. The first kappa shape index (κ1) is 14.7. The van der Waals surface area contributed by atoms with Crippen molar-refractivity contribution in [3.05, 3.63) is 64.0 Å². The zero-order chi connectivity index (χ0) is 15.5. The Bertz CT molecular complexity index is 702. The lowest BCUT2D eigenvalue weighted by molar-refractivity contribution is 0.265. The van der Waals surface area contributed by atoms with Gasteiger partial charge in [0.1, 0.15) is 11.6 Å². The Morgan fingerprint density at radius 1 is 1.09 bits per heavy atom. The lowest BCUT2D eigenvalue weighted by Crippen LogP contribution is -2.18. The number of nitrogens with one attached hydrogen (secondary N) is 1. The molecular formula is C16H11ClN2O2S. The van der Waals surface area contributed by atoms with E-state index in [4.69, 9.17) is 11.6 Å². The molecule has 0 aromatic heterocycles. The van der Waals surface area contributed by atoms with E-state index >= 15 is 0 Å². The Hall–Kier alpha value is -2.24. The molecule has 1 aliphatic heterocycles. The second-order valence-electron chi connectivity index (χ2n) is 4.55. The minimum Gasteiger partial charge on any atom is -0.508 e. The second kappa shape index (κ2) is 6.25. The molecule has 1 aliphatic rings. The van der Waals surface area contributed by atoms with Crippen molar-refractivity contribution < 1.29 is 9.90 Å². The fourth-order valence-corrected chi connectivity index (χ4v) is 2.74. The highest BCUT2D eigenvalue weighted by atomic mass is 35.5. The fourth-order valence-electron chi connectivity index (χ4n) is 1.88. The summed E-state index contributed by atoms with van der Waals surface area (Å²) < 4.78 is 0. The van der Waals surface area contributed by atoms with Crippen LogP contribution in [0.1, 0.15) is 5.56 Å². The molecule has 0 bridgehead atoms. The lowest BCUT2D eigenvalue weighted by Gasteiger charge is -2.00. The summed E-state index contributed by atoms with van der Waals surface area (Å²) in [6, 6.07) is 13.8. The molecule has 1 saturated heterocycles. The number of phenolic OH excluding ortho intramolecular Hbond substituents is 1. The van der Waals surface area contributed by atoms with Gasteiger partial charge in [-0.3, -0.25) is 4.79 Å². The summed E-state index contributed by atoms with van der Waals surface area (Å²) in [6.07, 6.45) is 1.87. The number of aromatic hydroxyl groups is 1. The van der Waals surface area contributed by atoms with E-state index in [2.05, 4.69) is 10.3 Å². The smallest absolute Gasteiger partial charge is 0.289 e. The quantitative estimate of drug-likeness (QED) is 0.847. The number of hydrogen-bond acceptors (Lipinski definition) is 4. The van der Waals surface area contributed by atoms with Crippen molar-refractivity contribution in [1.82, 2.24) is 5.32 Å². The summed E-state index contributed by atoms with van der Waals surface area (Å²) >= 11 is 6.96. The third-order valence-electron chi connectivity index (χ3n) is 2.91. The van der Waals surface area contributed by atoms with Crippen LogP contribution in [-0.4, -0.2) is 16.2 Å². The van der Waals surface area contributed by atoms with Crippen LogP contribution in [0.3, 0.4) is 0 Å². The monoisotopic (exact) mass is 330 g/mol. The number of rotatable bonds is 2. The highest BCUT2D eigenvalue weighted by Gasteiger charge is 2.23. The van der Waals surface area contributed by atoms with Crippen molar-refractivity contribution in [2.24, 2.45) is 4.99 Å². The van der Waals surface area contributed by atoms with Gasteiger partial charge in [0.25, 0.3) is 5.24 Å². The number of amidine groups is 1. The molecule has 2 N–H and O–H groups in total. The maximum absolute atomic E-state index is 11.6. The zero-order valence-corrected chi connectivity index (χ0v) is 12.9. The molecule has 1 heterocycles. The van der Waals surface area contributed by atoms with Crippen LogP contribution < -0.4 is 5.32 Å². The number of thioether (sulfide) groups is 1. The van der Waals surface area contributed by atoms with E-state index in [1.807, 2.05) is 18.2 Å². The van der Waals surface area contributed by atoms with Gasteiger partial charge in [-0.25, -0.2) is 4.99 Å². The number of benzene rings is 2. The van der Waals surface area contributed by atoms with Gasteiger partial charge < -0.3 is 10.4 Å². The minimum atomic E-state index is -0.169. The molecular weight excluding hydrogens is 320 g/mol. The SMILES string of the molecule is O=C1NC(=Nc2ccc(O)cc2)/C(=C/c2ccc(Cl)cc2)S1. The largest absolute Gasteiger partial charge is 0.508 e. The number of carbonyl (C=O) groups is 1. The van der Waals surface area contributed by atoms with Gasteiger partial charge in [-0.2, -0.15) is 0 Å². The second-order valence-corrected chi connectivity index (χ2v) is 6.00. The zero-order valence-electron chi connectivity index (χ0n) is 11.3. The molecule has 4 nitrogen and oxygen atoms in total. The number of nitrogens with zero attached hydrogens (tertiary/aromatic N) is 1. The number of halogens is 1. The number of aliphatic imine (C=N–C) groups is 1. The Labute approximate surface area is 136 Å². The molecule has 0 aliphatic carbocycles. The van der Waals surface area contributed by atoms with Crippen LogP contribution in [0.5, 0.6) is 5.75 Å². The molecule has 0 atom stereocenters. The van der Waals surface area contributed by atoms with Gasteiger partial charge in [0.15, 0.2) is 0 Å². The van der Waals surface area contributed by atoms with Gasteiger partial charge in [-0.05, 0) is 59.8 Å². The van der Waals surface area contributed by atoms with Crippen LogP contribution in [0.2, 0.25) is 5.02 Å². The Balaban J connectivity index is 1.93. The topological polar surface area (TPSA) is 61.7 Å². The molecule has 0 unspecified atom stereocenters. The van der Waals surface area contributed by atoms with E-state index in [1.54, 1.807) is 36.4 Å². The van der Waals surface area contributed by atoms with Crippen LogP contribution in [-0.2, 0) is 0 Å². The van der Waals surface area contributed by atoms with Crippen molar-refractivity contribution in [1.29, 1.82) is 0 Å². The predicted octanol–water partition coefficient (Wildman–Crippen LogP) is 4.57. The molecule has 3 rings (SSSR count). The average molecular weight is 331 g/mol. The predicted molar refractivity (Wildman–Crippen MR) is 90.8 cm³/mol. The summed E-state index contributed by atoms with van der Waals surface area (Å²) in [5.74, 6) is 0.668. The van der Waals surface area contributed by atoms with E-state index in [9.17, 15) is 9.90 Å². The van der Waals surface area contributed by atoms with E-state index < -0.39 is 0 Å². The Morgan fingerprint density at radius 2 is 1.77 bits per heavy atom. The van der Waals surface area contributed by atoms with Crippen LogP contribution in [0.4, 0.5) is 10.5 Å². The maximum atomic E-state index is 11.6. The molecule has 0 saturated carbocycles. The molecule has 2 aromatic carbocycles. The standard InChI is InChI=1S/C16H11ClN2O2S/c17-11-3-1-10(2-4-11)9-14-15(19-16(21)22-14)18-12-5-7-13(20)8-6-12/h1-9,20H,(H,18,19,21)/b14-9-. The first-order valence-corrected chi connectivity index (χ1v) is 7.64. The van der Waals surface area contributed by atoms with Crippen molar-refractivity contribution in [2.45, 2.75) is 0 Å². The lowest BCUT2D eigenvalue weighted by atomic mass is 10.2. The van der Waals surface area contributed by atoms with Crippen LogP contribution >= 0.6 is 23.4 Å². The van der Waals surface area contributed by atoms with E-state index in [1.165, 1.54) is 0 Å². The van der Waals surface area contributed by atoms with Crippen LogP contribution in [0, 0.1) is 0 Å². The molecule has 22 heavy (non-hydrogen) atoms. The van der Waals surface area contributed by atoms with E-state index in [0.717, 1.165) is 22.2 Å². The highest BCUT2D eigenvalue weighted by molar-refractivity contribution is 8.18. The molecule has 2 aromatic rings. The first-order valence-electron chi connectivity index (χ1n) is 6.44. The number of hydrogen-bond donors (Lipinski definition) is 2. The number of carbonyl (C=O) groups excluding carboxylic acids is 1. The first-order chi connectivity index (χ1) is 10.6. The Kier molecular flexibility index (Phi) is 4.18. The number of amides is 1. The molecule has 1 amide bonds. The summed E-state index contributed by atoms with van der Waals surface area (Å²) in [7, 11) is 0. The third-order valence-corrected chi connectivity index (χ3v) is 3.99. The van der Waals surface area contributed by atoms with Crippen molar-refractivity contribution in [2.75, 3.05) is 0 Å². The summed E-state index contributed by atoms with van der Waals surface area (Å²) in [5.41, 5.74) is 1.58. The Morgan fingerprint density at radius 3 is 2.45 bits per heavy atom. The van der Waals surface area contributed by atoms with E-state index in [0.29, 0.717) is 16.5 Å². The van der Waals surface area contributed by atoms with Gasteiger partial charge in [0, 0.05) is 5.02 Å². The van der Waals surface area contributed by atoms with Crippen LogP contribution in [0.25, 0.3) is 6.08 Å². The van der Waals surface area contributed by atoms with Crippen molar-refractivity contribution in [3.8, 4) is 5.75 Å². The minimum absolute atomic E-state index is 0.169. The molecule has 0 spiro atoms. The summed E-state index contributed by atoms with van der Waals surface area (Å²) in [4.78, 5) is 16.8. The average Bonchev–Trinajstić information content (AvgIpc) is 2.83. The highest BCUT2D eigenvalue weighted by Crippen LogP contribution is 2.29. The summed E-state index contributed by atoms with van der Waals surface area (Å²) in [5, 5.41) is 12.5.